The normalized spacial score (nSPS) is 21.0. The van der Waals surface area contributed by atoms with Gasteiger partial charge in [0.05, 0.1) is 11.8 Å². The fourth-order valence-electron chi connectivity index (χ4n) is 1.48. The highest BCUT2D eigenvalue weighted by atomic mass is 32.2. The fourth-order valence-corrected chi connectivity index (χ4v) is 2.81. The minimum atomic E-state index is -3.36. The first-order valence-electron chi connectivity index (χ1n) is 5.40. The van der Waals surface area contributed by atoms with Crippen molar-refractivity contribution in [1.29, 1.82) is 0 Å². The van der Waals surface area contributed by atoms with Gasteiger partial charge in [-0.05, 0) is 19.9 Å². The summed E-state index contributed by atoms with van der Waals surface area (Å²) >= 11 is 0. The van der Waals surface area contributed by atoms with Gasteiger partial charge >= 0.3 is 0 Å². The van der Waals surface area contributed by atoms with Crippen LogP contribution in [0, 0.1) is 0 Å². The number of amides is 1. The Morgan fingerprint density at radius 3 is 2.75 bits per heavy atom. The molecule has 1 fully saturated rings. The zero-order valence-corrected chi connectivity index (χ0v) is 10.5. The molecule has 1 amide bonds. The van der Waals surface area contributed by atoms with Crippen molar-refractivity contribution in [3.8, 4) is 0 Å². The summed E-state index contributed by atoms with van der Waals surface area (Å²) in [7, 11) is -1.71. The van der Waals surface area contributed by atoms with Crippen LogP contribution < -0.4 is 10.0 Å². The molecular weight excluding hydrogens is 230 g/mol. The van der Waals surface area contributed by atoms with Gasteiger partial charge in [0.2, 0.25) is 15.9 Å². The molecule has 1 aliphatic rings. The second-order valence-electron chi connectivity index (χ2n) is 3.89. The Balaban J connectivity index is 2.44. The van der Waals surface area contributed by atoms with E-state index in [1.54, 1.807) is 7.05 Å². The van der Waals surface area contributed by atoms with Crippen LogP contribution in [0.2, 0.25) is 0 Å². The lowest BCUT2D eigenvalue weighted by Crippen LogP contribution is -2.42. The Labute approximate surface area is 96.4 Å². The smallest absolute Gasteiger partial charge is 0.237 e. The Morgan fingerprint density at radius 2 is 2.25 bits per heavy atom. The molecule has 0 aromatic heterocycles. The van der Waals surface area contributed by atoms with Crippen LogP contribution in [0.1, 0.15) is 13.3 Å². The third-order valence-electron chi connectivity index (χ3n) is 2.78. The number of likely N-dealkylation sites (N-methyl/N-ethyl adjacent to an activating group) is 1. The zero-order chi connectivity index (χ0) is 12.2. The number of hydrogen-bond donors (Lipinski definition) is 2. The number of hydrogen-bond acceptors (Lipinski definition) is 4. The SMILES string of the molecule is CCN(C)C(=O)CNS(=O)(=O)C1CCNC1. The third kappa shape index (κ3) is 3.43. The largest absolute Gasteiger partial charge is 0.345 e. The Hall–Kier alpha value is -0.660. The van der Waals surface area contributed by atoms with E-state index >= 15 is 0 Å². The first-order valence-corrected chi connectivity index (χ1v) is 6.95. The summed E-state index contributed by atoms with van der Waals surface area (Å²) in [6, 6.07) is 0. The van der Waals surface area contributed by atoms with Crippen molar-refractivity contribution in [3.05, 3.63) is 0 Å². The highest BCUT2D eigenvalue weighted by Gasteiger charge is 2.28. The number of nitrogens with zero attached hydrogens (tertiary/aromatic N) is 1. The average molecular weight is 249 g/mol. The molecule has 6 nitrogen and oxygen atoms in total. The average Bonchev–Trinajstić information content (AvgIpc) is 2.78. The maximum absolute atomic E-state index is 11.7. The molecule has 0 aromatic carbocycles. The van der Waals surface area contributed by atoms with Gasteiger partial charge in [0, 0.05) is 20.1 Å². The summed E-state index contributed by atoms with van der Waals surface area (Å²) in [5.41, 5.74) is 0. The Morgan fingerprint density at radius 1 is 1.56 bits per heavy atom. The predicted octanol–water partition coefficient (Wildman–Crippen LogP) is -1.25. The van der Waals surface area contributed by atoms with E-state index in [4.69, 9.17) is 0 Å². The van der Waals surface area contributed by atoms with Crippen molar-refractivity contribution in [2.45, 2.75) is 18.6 Å². The highest BCUT2D eigenvalue weighted by molar-refractivity contribution is 7.90. The number of rotatable bonds is 5. The number of carbonyl (C=O) groups is 1. The van der Waals surface area contributed by atoms with Crippen molar-refractivity contribution < 1.29 is 13.2 Å². The van der Waals surface area contributed by atoms with Crippen LogP contribution in [0.5, 0.6) is 0 Å². The van der Waals surface area contributed by atoms with Gasteiger partial charge in [-0.3, -0.25) is 4.79 Å². The van der Waals surface area contributed by atoms with E-state index in [0.29, 0.717) is 26.1 Å². The van der Waals surface area contributed by atoms with E-state index in [1.165, 1.54) is 4.90 Å². The van der Waals surface area contributed by atoms with Crippen LogP contribution in [0.25, 0.3) is 0 Å². The quantitative estimate of drug-likeness (QED) is 0.638. The van der Waals surface area contributed by atoms with Crippen molar-refractivity contribution >= 4 is 15.9 Å². The molecule has 1 rings (SSSR count). The first-order chi connectivity index (χ1) is 7.47. The van der Waals surface area contributed by atoms with E-state index in [-0.39, 0.29) is 12.5 Å². The van der Waals surface area contributed by atoms with Gasteiger partial charge in [-0.25, -0.2) is 13.1 Å². The summed E-state index contributed by atoms with van der Waals surface area (Å²) < 4.78 is 25.8. The molecule has 1 saturated heterocycles. The highest BCUT2D eigenvalue weighted by Crippen LogP contribution is 2.07. The summed E-state index contributed by atoms with van der Waals surface area (Å²) in [5.74, 6) is -0.211. The molecule has 0 aromatic rings. The van der Waals surface area contributed by atoms with Crippen LogP contribution in [0.15, 0.2) is 0 Å². The second-order valence-corrected chi connectivity index (χ2v) is 5.93. The molecule has 1 aliphatic heterocycles. The standard InChI is InChI=1S/C9H19N3O3S/c1-3-12(2)9(13)7-11-16(14,15)8-4-5-10-6-8/h8,10-11H,3-7H2,1-2H3. The molecule has 0 bridgehead atoms. The van der Waals surface area contributed by atoms with Crippen LogP contribution in [-0.4, -0.2) is 57.7 Å². The van der Waals surface area contributed by atoms with Gasteiger partial charge in [0.25, 0.3) is 0 Å². The number of sulfonamides is 1. The number of carbonyl (C=O) groups excluding carboxylic acids is 1. The second kappa shape index (κ2) is 5.60. The molecule has 0 spiro atoms. The minimum Gasteiger partial charge on any atom is -0.345 e. The Bertz CT molecular complexity index is 336. The number of nitrogens with one attached hydrogen (secondary N) is 2. The van der Waals surface area contributed by atoms with Crippen LogP contribution in [-0.2, 0) is 14.8 Å². The molecule has 1 unspecified atom stereocenters. The molecule has 1 heterocycles. The van der Waals surface area contributed by atoms with Gasteiger partial charge in [0.15, 0.2) is 0 Å². The van der Waals surface area contributed by atoms with Crippen molar-refractivity contribution in [1.82, 2.24) is 14.9 Å². The molecule has 1 atom stereocenters. The molecule has 94 valence electrons. The van der Waals surface area contributed by atoms with Crippen LogP contribution in [0.4, 0.5) is 0 Å². The summed E-state index contributed by atoms with van der Waals surface area (Å²) in [5, 5.41) is 2.58. The minimum absolute atomic E-state index is 0.150. The van der Waals surface area contributed by atoms with E-state index in [2.05, 4.69) is 10.0 Å². The molecular formula is C9H19N3O3S. The fraction of sp³-hybridized carbons (Fsp3) is 0.889. The lowest BCUT2D eigenvalue weighted by molar-refractivity contribution is -0.128. The molecule has 2 N–H and O–H groups in total. The maximum Gasteiger partial charge on any atom is 0.237 e. The molecule has 0 radical (unpaired) electrons. The van der Waals surface area contributed by atoms with E-state index in [0.717, 1.165) is 0 Å². The molecule has 16 heavy (non-hydrogen) atoms. The van der Waals surface area contributed by atoms with E-state index < -0.39 is 15.3 Å². The van der Waals surface area contributed by atoms with Crippen molar-refractivity contribution in [2.75, 3.05) is 33.2 Å². The summed E-state index contributed by atoms with van der Waals surface area (Å²) in [6.07, 6.45) is 0.604. The summed E-state index contributed by atoms with van der Waals surface area (Å²) in [4.78, 5) is 12.9. The Kier molecular flexibility index (Phi) is 4.69. The van der Waals surface area contributed by atoms with Crippen molar-refractivity contribution in [2.24, 2.45) is 0 Å². The lowest BCUT2D eigenvalue weighted by Gasteiger charge is -2.16. The van der Waals surface area contributed by atoms with Crippen molar-refractivity contribution in [3.63, 3.8) is 0 Å². The molecule has 0 saturated carbocycles. The predicted molar refractivity (Wildman–Crippen MR) is 61.5 cm³/mol. The van der Waals surface area contributed by atoms with Gasteiger partial charge < -0.3 is 10.2 Å². The van der Waals surface area contributed by atoms with E-state index in [1.807, 2.05) is 6.92 Å². The monoisotopic (exact) mass is 249 g/mol. The maximum atomic E-state index is 11.7. The molecule has 7 heteroatoms. The van der Waals surface area contributed by atoms with Gasteiger partial charge in [-0.2, -0.15) is 0 Å². The van der Waals surface area contributed by atoms with Gasteiger partial charge in [-0.1, -0.05) is 0 Å². The molecule has 0 aliphatic carbocycles. The van der Waals surface area contributed by atoms with Crippen LogP contribution in [0.3, 0.4) is 0 Å². The summed E-state index contributed by atoms with van der Waals surface area (Å²) in [6.45, 7) is 3.45. The van der Waals surface area contributed by atoms with Crippen LogP contribution >= 0.6 is 0 Å². The third-order valence-corrected chi connectivity index (χ3v) is 4.61. The van der Waals surface area contributed by atoms with E-state index in [9.17, 15) is 13.2 Å². The first kappa shape index (κ1) is 13.4. The van der Waals surface area contributed by atoms with Gasteiger partial charge in [-0.15, -0.1) is 0 Å². The zero-order valence-electron chi connectivity index (χ0n) is 9.69. The lowest BCUT2D eigenvalue weighted by atomic mass is 10.4. The topological polar surface area (TPSA) is 78.5 Å². The van der Waals surface area contributed by atoms with Gasteiger partial charge in [0.1, 0.15) is 0 Å².